The average Bonchev–Trinajstić information content (AvgIpc) is 2.74. The number of H-pyrrole nitrogens is 1. The molecular formula is C13H16N2. The smallest absolute Gasteiger partial charge is 0.0223 e. The van der Waals surface area contributed by atoms with E-state index in [1.54, 1.807) is 0 Å². The minimum atomic E-state index is 0.915. The summed E-state index contributed by atoms with van der Waals surface area (Å²) in [4.78, 5) is 3.05. The maximum absolute atomic E-state index is 3.42. The molecule has 0 bridgehead atoms. The summed E-state index contributed by atoms with van der Waals surface area (Å²) in [5.74, 6) is 0. The molecule has 2 N–H and O–H groups in total. The van der Waals surface area contributed by atoms with Crippen molar-refractivity contribution in [2.75, 3.05) is 0 Å². The van der Waals surface area contributed by atoms with Gasteiger partial charge < -0.3 is 10.3 Å². The molecule has 0 saturated heterocycles. The van der Waals surface area contributed by atoms with E-state index in [0.29, 0.717) is 0 Å². The van der Waals surface area contributed by atoms with Crippen LogP contribution in [0.1, 0.15) is 16.7 Å². The van der Waals surface area contributed by atoms with Gasteiger partial charge in [-0.1, -0.05) is 24.3 Å². The van der Waals surface area contributed by atoms with Gasteiger partial charge in [-0.15, -0.1) is 0 Å². The number of hydrogen-bond acceptors (Lipinski definition) is 1. The van der Waals surface area contributed by atoms with E-state index in [9.17, 15) is 0 Å². The normalized spacial score (nSPS) is 10.5. The van der Waals surface area contributed by atoms with E-state index in [-0.39, 0.29) is 0 Å². The fraction of sp³-hybridized carbons (Fsp3) is 0.231. The molecule has 2 heteroatoms. The van der Waals surface area contributed by atoms with Crippen molar-refractivity contribution in [3.05, 3.63) is 59.4 Å². The van der Waals surface area contributed by atoms with Gasteiger partial charge in [0, 0.05) is 25.5 Å². The zero-order chi connectivity index (χ0) is 10.5. The van der Waals surface area contributed by atoms with E-state index in [0.717, 1.165) is 13.1 Å². The third-order valence-electron chi connectivity index (χ3n) is 2.57. The minimum Gasteiger partial charge on any atom is -0.367 e. The molecule has 0 unspecified atom stereocenters. The van der Waals surface area contributed by atoms with Crippen LogP contribution in [0.4, 0.5) is 0 Å². The van der Waals surface area contributed by atoms with Gasteiger partial charge in [-0.25, -0.2) is 0 Å². The van der Waals surface area contributed by atoms with Crippen LogP contribution in [0.2, 0.25) is 0 Å². The topological polar surface area (TPSA) is 27.8 Å². The molecule has 0 aliphatic rings. The van der Waals surface area contributed by atoms with Crippen LogP contribution in [0.15, 0.2) is 42.7 Å². The number of nitrogens with one attached hydrogen (secondary N) is 2. The molecule has 0 aliphatic heterocycles. The number of hydrogen-bond donors (Lipinski definition) is 2. The molecule has 0 aliphatic carbocycles. The Hall–Kier alpha value is -1.54. The van der Waals surface area contributed by atoms with Crippen molar-refractivity contribution in [2.24, 2.45) is 0 Å². The Labute approximate surface area is 90.3 Å². The standard InChI is InChI=1S/C13H16N2/c1-11-4-2-3-5-13(11)10-15-9-12-6-7-14-8-12/h2-8,14-15H,9-10H2,1H3. The highest BCUT2D eigenvalue weighted by Gasteiger charge is 1.96. The van der Waals surface area contributed by atoms with Crippen LogP contribution < -0.4 is 5.32 Å². The first-order valence-electron chi connectivity index (χ1n) is 5.23. The zero-order valence-electron chi connectivity index (χ0n) is 8.96. The van der Waals surface area contributed by atoms with Crippen LogP contribution >= 0.6 is 0 Å². The Bertz CT molecular complexity index is 404. The Morgan fingerprint density at radius 1 is 1.13 bits per heavy atom. The second-order valence-electron chi connectivity index (χ2n) is 3.75. The number of aromatic nitrogens is 1. The molecule has 0 saturated carbocycles. The van der Waals surface area contributed by atoms with Crippen molar-refractivity contribution in [1.82, 2.24) is 10.3 Å². The van der Waals surface area contributed by atoms with Gasteiger partial charge in [0.25, 0.3) is 0 Å². The fourth-order valence-corrected chi connectivity index (χ4v) is 1.62. The van der Waals surface area contributed by atoms with Crippen LogP contribution in [-0.2, 0) is 13.1 Å². The van der Waals surface area contributed by atoms with Crippen molar-refractivity contribution in [3.8, 4) is 0 Å². The quantitative estimate of drug-likeness (QED) is 0.780. The van der Waals surface area contributed by atoms with Gasteiger partial charge in [0.1, 0.15) is 0 Å². The second-order valence-corrected chi connectivity index (χ2v) is 3.75. The van der Waals surface area contributed by atoms with Crippen molar-refractivity contribution >= 4 is 0 Å². The molecular weight excluding hydrogens is 184 g/mol. The predicted octanol–water partition coefficient (Wildman–Crippen LogP) is 2.61. The molecule has 2 nitrogen and oxygen atoms in total. The number of aromatic amines is 1. The van der Waals surface area contributed by atoms with Crippen LogP contribution in [-0.4, -0.2) is 4.98 Å². The monoisotopic (exact) mass is 200 g/mol. The molecule has 1 heterocycles. The highest BCUT2D eigenvalue weighted by Crippen LogP contribution is 2.06. The van der Waals surface area contributed by atoms with Gasteiger partial charge in [0.2, 0.25) is 0 Å². The summed E-state index contributed by atoms with van der Waals surface area (Å²) in [5, 5.41) is 3.42. The molecule has 15 heavy (non-hydrogen) atoms. The van der Waals surface area contributed by atoms with Crippen LogP contribution in [0, 0.1) is 6.92 Å². The maximum atomic E-state index is 3.42. The summed E-state index contributed by atoms with van der Waals surface area (Å²) in [6.07, 6.45) is 3.97. The van der Waals surface area contributed by atoms with E-state index in [1.165, 1.54) is 16.7 Å². The highest BCUT2D eigenvalue weighted by atomic mass is 14.9. The van der Waals surface area contributed by atoms with Gasteiger partial charge in [0.05, 0.1) is 0 Å². The summed E-state index contributed by atoms with van der Waals surface area (Å²) in [5.41, 5.74) is 4.01. The van der Waals surface area contributed by atoms with E-state index in [2.05, 4.69) is 47.6 Å². The third kappa shape index (κ3) is 2.70. The number of benzene rings is 1. The summed E-state index contributed by atoms with van der Waals surface area (Å²) in [7, 11) is 0. The Morgan fingerprint density at radius 3 is 2.73 bits per heavy atom. The van der Waals surface area contributed by atoms with Crippen molar-refractivity contribution in [3.63, 3.8) is 0 Å². The van der Waals surface area contributed by atoms with E-state index in [1.807, 2.05) is 12.4 Å². The average molecular weight is 200 g/mol. The lowest BCUT2D eigenvalue weighted by molar-refractivity contribution is 0.691. The largest absolute Gasteiger partial charge is 0.367 e. The van der Waals surface area contributed by atoms with Crippen LogP contribution in [0.5, 0.6) is 0 Å². The van der Waals surface area contributed by atoms with Crippen molar-refractivity contribution in [1.29, 1.82) is 0 Å². The number of aryl methyl sites for hydroxylation is 1. The Morgan fingerprint density at radius 2 is 2.00 bits per heavy atom. The number of rotatable bonds is 4. The van der Waals surface area contributed by atoms with Crippen LogP contribution in [0.25, 0.3) is 0 Å². The lowest BCUT2D eigenvalue weighted by Crippen LogP contribution is -2.12. The van der Waals surface area contributed by atoms with Gasteiger partial charge in [0.15, 0.2) is 0 Å². The summed E-state index contributed by atoms with van der Waals surface area (Å²) < 4.78 is 0. The third-order valence-corrected chi connectivity index (χ3v) is 2.57. The van der Waals surface area contributed by atoms with Gasteiger partial charge in [-0.2, -0.15) is 0 Å². The minimum absolute atomic E-state index is 0.915. The summed E-state index contributed by atoms with van der Waals surface area (Å²) >= 11 is 0. The van der Waals surface area contributed by atoms with Crippen molar-refractivity contribution < 1.29 is 0 Å². The molecule has 78 valence electrons. The summed E-state index contributed by atoms with van der Waals surface area (Å²) in [6, 6.07) is 10.6. The lowest BCUT2D eigenvalue weighted by Gasteiger charge is -2.06. The fourth-order valence-electron chi connectivity index (χ4n) is 1.62. The molecule has 2 aromatic rings. The SMILES string of the molecule is Cc1ccccc1CNCc1cc[nH]c1. The van der Waals surface area contributed by atoms with Gasteiger partial charge >= 0.3 is 0 Å². The first-order valence-corrected chi connectivity index (χ1v) is 5.23. The predicted molar refractivity (Wildman–Crippen MR) is 62.5 cm³/mol. The Kier molecular flexibility index (Phi) is 3.20. The zero-order valence-corrected chi connectivity index (χ0v) is 8.96. The molecule has 0 atom stereocenters. The summed E-state index contributed by atoms with van der Waals surface area (Å²) in [6.45, 7) is 3.99. The first kappa shape index (κ1) is 9.99. The molecule has 0 radical (unpaired) electrons. The lowest BCUT2D eigenvalue weighted by atomic mass is 10.1. The van der Waals surface area contributed by atoms with Crippen LogP contribution in [0.3, 0.4) is 0 Å². The Balaban J connectivity index is 1.86. The molecule has 2 rings (SSSR count). The molecule has 1 aromatic heterocycles. The van der Waals surface area contributed by atoms with E-state index < -0.39 is 0 Å². The van der Waals surface area contributed by atoms with Gasteiger partial charge in [-0.3, -0.25) is 0 Å². The first-order chi connectivity index (χ1) is 7.36. The van der Waals surface area contributed by atoms with E-state index >= 15 is 0 Å². The molecule has 0 amide bonds. The van der Waals surface area contributed by atoms with E-state index in [4.69, 9.17) is 0 Å². The van der Waals surface area contributed by atoms with Gasteiger partial charge in [-0.05, 0) is 29.7 Å². The molecule has 0 spiro atoms. The highest BCUT2D eigenvalue weighted by molar-refractivity contribution is 5.25. The van der Waals surface area contributed by atoms with Crippen molar-refractivity contribution in [2.45, 2.75) is 20.0 Å². The maximum Gasteiger partial charge on any atom is 0.0223 e. The second kappa shape index (κ2) is 4.80. The molecule has 1 aromatic carbocycles. The molecule has 0 fully saturated rings.